The van der Waals surface area contributed by atoms with Crippen molar-refractivity contribution in [3.63, 3.8) is 0 Å². The number of aliphatic hydroxyl groups excluding tert-OH is 1. The molecule has 16 heavy (non-hydrogen) atoms. The molecule has 0 unspecified atom stereocenters. The molecule has 1 fully saturated rings. The number of hydrogen-bond donors (Lipinski definition) is 2. The molecule has 1 aliphatic rings. The minimum absolute atomic E-state index is 0.113. The number of piperidine rings is 1. The molecule has 0 aromatic rings. The predicted molar refractivity (Wildman–Crippen MR) is 59.1 cm³/mol. The van der Waals surface area contributed by atoms with Crippen LogP contribution in [0.4, 0.5) is 4.79 Å². The minimum Gasteiger partial charge on any atom is -0.444 e. The predicted octanol–water partition coefficient (Wildman–Crippen LogP) is 0.739. The van der Waals surface area contributed by atoms with E-state index in [1.54, 1.807) is 27.7 Å². The summed E-state index contributed by atoms with van der Waals surface area (Å²) in [5, 5.41) is 19.4. The fourth-order valence-electron chi connectivity index (χ4n) is 1.52. The van der Waals surface area contributed by atoms with Gasteiger partial charge in [-0.15, -0.1) is 0 Å². The Bertz CT molecular complexity index is 270. The molecule has 1 amide bonds. The highest BCUT2D eigenvalue weighted by Crippen LogP contribution is 2.23. The second-order valence-electron chi connectivity index (χ2n) is 5.55. The van der Waals surface area contributed by atoms with E-state index in [0.29, 0.717) is 13.0 Å². The van der Waals surface area contributed by atoms with E-state index in [2.05, 4.69) is 0 Å². The summed E-state index contributed by atoms with van der Waals surface area (Å²) in [6.45, 7) is 7.47. The molecule has 2 N–H and O–H groups in total. The molecule has 0 spiro atoms. The zero-order chi connectivity index (χ0) is 12.6. The average Bonchev–Trinajstić information content (AvgIpc) is 2.06. The third-order valence-electron chi connectivity index (χ3n) is 2.65. The molecule has 0 aromatic heterocycles. The number of likely N-dealkylation sites (tertiary alicyclic amines) is 1. The fraction of sp³-hybridized carbons (Fsp3) is 0.909. The second kappa shape index (κ2) is 4.22. The van der Waals surface area contributed by atoms with Crippen LogP contribution in [0, 0.1) is 0 Å². The van der Waals surface area contributed by atoms with Crippen LogP contribution in [0.5, 0.6) is 0 Å². The minimum atomic E-state index is -1.11. The summed E-state index contributed by atoms with van der Waals surface area (Å²) in [7, 11) is 0. The molecule has 0 aliphatic carbocycles. The molecule has 0 bridgehead atoms. The summed E-state index contributed by atoms with van der Waals surface area (Å²) in [4.78, 5) is 13.1. The van der Waals surface area contributed by atoms with Gasteiger partial charge in [0.1, 0.15) is 11.7 Å². The summed E-state index contributed by atoms with van der Waals surface area (Å²) in [6.07, 6.45) is -1.01. The lowest BCUT2D eigenvalue weighted by molar-refractivity contribution is -0.106. The molecule has 0 aromatic carbocycles. The van der Waals surface area contributed by atoms with Crippen molar-refractivity contribution in [2.75, 3.05) is 13.1 Å². The summed E-state index contributed by atoms with van der Waals surface area (Å²) < 4.78 is 5.19. The van der Waals surface area contributed by atoms with Crippen molar-refractivity contribution in [3.8, 4) is 0 Å². The monoisotopic (exact) mass is 231 g/mol. The average molecular weight is 231 g/mol. The summed E-state index contributed by atoms with van der Waals surface area (Å²) in [6, 6.07) is 0. The Hall–Kier alpha value is -0.810. The largest absolute Gasteiger partial charge is 0.444 e. The van der Waals surface area contributed by atoms with Crippen LogP contribution in [-0.4, -0.2) is 51.6 Å². The lowest BCUT2D eigenvalue weighted by Crippen LogP contribution is -2.55. The zero-order valence-corrected chi connectivity index (χ0v) is 10.4. The lowest BCUT2D eigenvalue weighted by Gasteiger charge is -2.40. The van der Waals surface area contributed by atoms with Gasteiger partial charge in [0.15, 0.2) is 0 Å². The highest BCUT2D eigenvalue weighted by Gasteiger charge is 2.38. The van der Waals surface area contributed by atoms with Crippen molar-refractivity contribution < 1.29 is 19.7 Å². The highest BCUT2D eigenvalue weighted by molar-refractivity contribution is 5.68. The Kier molecular flexibility index (Phi) is 3.50. The van der Waals surface area contributed by atoms with Crippen molar-refractivity contribution in [1.82, 2.24) is 4.90 Å². The van der Waals surface area contributed by atoms with Gasteiger partial charge in [0.05, 0.1) is 12.1 Å². The van der Waals surface area contributed by atoms with Crippen LogP contribution in [0.25, 0.3) is 0 Å². The van der Waals surface area contributed by atoms with Crippen molar-refractivity contribution in [2.45, 2.75) is 51.4 Å². The molecule has 5 heteroatoms. The standard InChI is InChI=1S/C11H21NO4/c1-10(2,3)16-9(14)12-6-5-11(4,15)8(13)7-12/h8,13,15H,5-7H2,1-4H3/t8-,11+/m0/s1. The number of carbonyl (C=O) groups excluding carboxylic acids is 1. The number of amides is 1. The Morgan fingerprint density at radius 1 is 1.50 bits per heavy atom. The van der Waals surface area contributed by atoms with E-state index in [9.17, 15) is 15.0 Å². The number of β-amino-alcohol motifs (C(OH)–C–C–N with tert-alkyl or cyclic N) is 1. The van der Waals surface area contributed by atoms with Gasteiger partial charge >= 0.3 is 6.09 Å². The number of aliphatic hydroxyl groups is 2. The van der Waals surface area contributed by atoms with E-state index < -0.39 is 23.4 Å². The van der Waals surface area contributed by atoms with Crippen molar-refractivity contribution >= 4 is 6.09 Å². The van der Waals surface area contributed by atoms with Gasteiger partial charge in [-0.2, -0.15) is 0 Å². The van der Waals surface area contributed by atoms with Gasteiger partial charge in [-0.3, -0.25) is 0 Å². The molecule has 1 rings (SSSR count). The topological polar surface area (TPSA) is 70.0 Å². The van der Waals surface area contributed by atoms with Gasteiger partial charge in [-0.25, -0.2) is 4.79 Å². The van der Waals surface area contributed by atoms with Gasteiger partial charge < -0.3 is 19.8 Å². The summed E-state index contributed by atoms with van der Waals surface area (Å²) in [5.74, 6) is 0. The summed E-state index contributed by atoms with van der Waals surface area (Å²) >= 11 is 0. The van der Waals surface area contributed by atoms with Crippen LogP contribution in [0.3, 0.4) is 0 Å². The smallest absolute Gasteiger partial charge is 0.410 e. The Morgan fingerprint density at radius 3 is 2.50 bits per heavy atom. The first-order valence-electron chi connectivity index (χ1n) is 5.50. The van der Waals surface area contributed by atoms with Gasteiger partial charge in [-0.05, 0) is 34.1 Å². The maximum absolute atomic E-state index is 11.7. The Labute approximate surface area is 96.0 Å². The number of ether oxygens (including phenoxy) is 1. The zero-order valence-electron chi connectivity index (χ0n) is 10.4. The van der Waals surface area contributed by atoms with E-state index in [0.717, 1.165) is 0 Å². The third-order valence-corrected chi connectivity index (χ3v) is 2.65. The molecule has 1 saturated heterocycles. The molecule has 1 heterocycles. The molecule has 2 atom stereocenters. The van der Waals surface area contributed by atoms with E-state index in [-0.39, 0.29) is 6.54 Å². The van der Waals surface area contributed by atoms with Crippen molar-refractivity contribution in [2.24, 2.45) is 0 Å². The Morgan fingerprint density at radius 2 is 2.06 bits per heavy atom. The van der Waals surface area contributed by atoms with E-state index in [4.69, 9.17) is 4.74 Å². The van der Waals surface area contributed by atoms with Crippen molar-refractivity contribution in [3.05, 3.63) is 0 Å². The molecule has 0 radical (unpaired) electrons. The quantitative estimate of drug-likeness (QED) is 0.645. The van der Waals surface area contributed by atoms with Crippen LogP contribution in [0.2, 0.25) is 0 Å². The Balaban J connectivity index is 2.55. The molecular weight excluding hydrogens is 210 g/mol. The van der Waals surface area contributed by atoms with Gasteiger partial charge in [0.2, 0.25) is 0 Å². The normalized spacial score (nSPS) is 31.4. The third kappa shape index (κ3) is 3.35. The van der Waals surface area contributed by atoms with Gasteiger partial charge in [0.25, 0.3) is 0 Å². The molecule has 0 saturated carbocycles. The van der Waals surface area contributed by atoms with E-state index >= 15 is 0 Å². The fourth-order valence-corrected chi connectivity index (χ4v) is 1.52. The lowest BCUT2D eigenvalue weighted by atomic mass is 9.91. The van der Waals surface area contributed by atoms with Crippen LogP contribution >= 0.6 is 0 Å². The molecule has 94 valence electrons. The SMILES string of the molecule is CC(C)(C)OC(=O)N1CC[C@@](C)(O)[C@@H](O)C1. The molecular formula is C11H21NO4. The van der Waals surface area contributed by atoms with E-state index in [1.807, 2.05) is 0 Å². The van der Waals surface area contributed by atoms with Crippen LogP contribution in [0.1, 0.15) is 34.1 Å². The first-order chi connectivity index (χ1) is 7.12. The first-order valence-corrected chi connectivity index (χ1v) is 5.50. The number of carbonyl (C=O) groups is 1. The second-order valence-corrected chi connectivity index (χ2v) is 5.55. The van der Waals surface area contributed by atoms with Crippen LogP contribution in [-0.2, 0) is 4.74 Å². The maximum Gasteiger partial charge on any atom is 0.410 e. The van der Waals surface area contributed by atoms with E-state index in [1.165, 1.54) is 4.90 Å². The first kappa shape index (κ1) is 13.3. The maximum atomic E-state index is 11.7. The van der Waals surface area contributed by atoms with Crippen LogP contribution in [0.15, 0.2) is 0 Å². The van der Waals surface area contributed by atoms with Crippen LogP contribution < -0.4 is 0 Å². The highest BCUT2D eigenvalue weighted by atomic mass is 16.6. The number of nitrogens with zero attached hydrogens (tertiary/aromatic N) is 1. The molecule has 5 nitrogen and oxygen atoms in total. The van der Waals surface area contributed by atoms with Gasteiger partial charge in [-0.1, -0.05) is 0 Å². The molecule has 1 aliphatic heterocycles. The number of rotatable bonds is 0. The number of hydrogen-bond acceptors (Lipinski definition) is 4. The van der Waals surface area contributed by atoms with Gasteiger partial charge in [0, 0.05) is 6.54 Å². The summed E-state index contributed by atoms with van der Waals surface area (Å²) in [5.41, 5.74) is -1.65. The van der Waals surface area contributed by atoms with Crippen molar-refractivity contribution in [1.29, 1.82) is 0 Å².